The van der Waals surface area contributed by atoms with Crippen LogP contribution in [-0.2, 0) is 9.59 Å². The summed E-state index contributed by atoms with van der Waals surface area (Å²) in [5.74, 6) is -0.645. The van der Waals surface area contributed by atoms with Crippen molar-refractivity contribution in [1.82, 2.24) is 0 Å². The third kappa shape index (κ3) is 4.39. The van der Waals surface area contributed by atoms with E-state index in [2.05, 4.69) is 0 Å². The van der Waals surface area contributed by atoms with Crippen LogP contribution in [0.15, 0.2) is 54.6 Å². The molecule has 0 radical (unpaired) electrons. The predicted molar refractivity (Wildman–Crippen MR) is 88.9 cm³/mol. The van der Waals surface area contributed by atoms with Gasteiger partial charge in [-0.1, -0.05) is 18.2 Å². The third-order valence-electron chi connectivity index (χ3n) is 3.59. The molecule has 4 nitrogen and oxygen atoms in total. The van der Waals surface area contributed by atoms with Crippen molar-refractivity contribution in [1.29, 1.82) is 0 Å². The van der Waals surface area contributed by atoms with Crippen molar-refractivity contribution in [3.05, 3.63) is 60.4 Å². The van der Waals surface area contributed by atoms with Gasteiger partial charge in [0.15, 0.2) is 0 Å². The van der Waals surface area contributed by atoms with E-state index in [0.717, 1.165) is 5.69 Å². The average molecular weight is 314 g/mol. The van der Waals surface area contributed by atoms with Gasteiger partial charge in [-0.15, -0.1) is 0 Å². The highest BCUT2D eigenvalue weighted by atomic mass is 19.1. The summed E-state index contributed by atoms with van der Waals surface area (Å²) >= 11 is 0. The van der Waals surface area contributed by atoms with Crippen LogP contribution in [0.3, 0.4) is 0 Å². The molecule has 0 aliphatic carbocycles. The van der Waals surface area contributed by atoms with E-state index in [4.69, 9.17) is 0 Å². The molecule has 23 heavy (non-hydrogen) atoms. The van der Waals surface area contributed by atoms with Crippen LogP contribution in [0.1, 0.15) is 13.3 Å². The Morgan fingerprint density at radius 1 is 0.957 bits per heavy atom. The molecule has 0 N–H and O–H groups in total. The van der Waals surface area contributed by atoms with E-state index in [1.165, 1.54) is 36.1 Å². The molecule has 2 rings (SSSR count). The van der Waals surface area contributed by atoms with Crippen LogP contribution < -0.4 is 9.80 Å². The smallest absolute Gasteiger partial charge is 0.228 e. The zero-order valence-corrected chi connectivity index (χ0v) is 13.2. The molecule has 0 heterocycles. The van der Waals surface area contributed by atoms with E-state index in [1.54, 1.807) is 11.9 Å². The number of carbonyl (C=O) groups excluding carboxylic acids is 2. The minimum atomic E-state index is -0.364. The Morgan fingerprint density at radius 2 is 1.57 bits per heavy atom. The molecule has 0 saturated carbocycles. The largest absolute Gasteiger partial charge is 0.315 e. The number of anilines is 2. The topological polar surface area (TPSA) is 40.6 Å². The summed E-state index contributed by atoms with van der Waals surface area (Å²) in [5.41, 5.74) is 1.38. The molecular weight excluding hydrogens is 295 g/mol. The zero-order chi connectivity index (χ0) is 16.8. The molecule has 0 saturated heterocycles. The number of hydrogen-bond donors (Lipinski definition) is 0. The van der Waals surface area contributed by atoms with Gasteiger partial charge in [-0.25, -0.2) is 4.39 Å². The van der Waals surface area contributed by atoms with Crippen LogP contribution in [0.2, 0.25) is 0 Å². The molecule has 0 bridgehead atoms. The van der Waals surface area contributed by atoms with Crippen molar-refractivity contribution in [3.8, 4) is 0 Å². The summed E-state index contributed by atoms with van der Waals surface area (Å²) in [7, 11) is 1.70. The summed E-state index contributed by atoms with van der Waals surface area (Å²) in [6, 6.07) is 14.9. The van der Waals surface area contributed by atoms with Crippen molar-refractivity contribution in [2.24, 2.45) is 0 Å². The molecule has 0 aliphatic rings. The zero-order valence-electron chi connectivity index (χ0n) is 13.2. The summed E-state index contributed by atoms with van der Waals surface area (Å²) in [6.45, 7) is 1.67. The Balaban J connectivity index is 2.03. The number of carbonyl (C=O) groups is 2. The van der Waals surface area contributed by atoms with Crippen LogP contribution in [0.4, 0.5) is 15.8 Å². The second kappa shape index (κ2) is 7.54. The van der Waals surface area contributed by atoms with E-state index in [0.29, 0.717) is 5.69 Å². The first-order chi connectivity index (χ1) is 11.0. The normalized spacial score (nSPS) is 10.2. The fraction of sp³-hybridized carbons (Fsp3) is 0.222. The van der Waals surface area contributed by atoms with Gasteiger partial charge in [0.2, 0.25) is 11.8 Å². The van der Waals surface area contributed by atoms with E-state index >= 15 is 0 Å². The molecule has 0 spiro atoms. The maximum Gasteiger partial charge on any atom is 0.228 e. The lowest BCUT2D eigenvalue weighted by Gasteiger charge is -2.23. The second-order valence-corrected chi connectivity index (χ2v) is 5.19. The Labute approximate surface area is 135 Å². The first-order valence-corrected chi connectivity index (χ1v) is 7.34. The number of benzene rings is 2. The van der Waals surface area contributed by atoms with Gasteiger partial charge in [-0.3, -0.25) is 9.59 Å². The van der Waals surface area contributed by atoms with Gasteiger partial charge in [0, 0.05) is 38.3 Å². The highest BCUT2D eigenvalue weighted by Crippen LogP contribution is 2.17. The molecule has 2 amide bonds. The fourth-order valence-electron chi connectivity index (χ4n) is 2.26. The van der Waals surface area contributed by atoms with Crippen LogP contribution in [-0.4, -0.2) is 25.4 Å². The number of amides is 2. The summed E-state index contributed by atoms with van der Waals surface area (Å²) in [4.78, 5) is 27.1. The molecule has 5 heteroatoms. The quantitative estimate of drug-likeness (QED) is 0.850. The second-order valence-electron chi connectivity index (χ2n) is 5.19. The number of hydrogen-bond acceptors (Lipinski definition) is 2. The van der Waals surface area contributed by atoms with Gasteiger partial charge < -0.3 is 9.80 Å². The molecule has 0 unspecified atom stereocenters. The van der Waals surface area contributed by atoms with E-state index in [9.17, 15) is 14.0 Å². The Morgan fingerprint density at radius 3 is 2.13 bits per heavy atom. The van der Waals surface area contributed by atoms with Gasteiger partial charge in [0.1, 0.15) is 5.82 Å². The highest BCUT2D eigenvalue weighted by Gasteiger charge is 2.16. The molecule has 120 valence electrons. The Hall–Kier alpha value is -2.69. The van der Waals surface area contributed by atoms with Crippen molar-refractivity contribution in [3.63, 3.8) is 0 Å². The fourth-order valence-corrected chi connectivity index (χ4v) is 2.26. The molecule has 2 aromatic rings. The van der Waals surface area contributed by atoms with Gasteiger partial charge in [0.25, 0.3) is 0 Å². The van der Waals surface area contributed by atoms with Crippen LogP contribution >= 0.6 is 0 Å². The summed E-state index contributed by atoms with van der Waals surface area (Å²) in [5, 5.41) is 0. The Bertz CT molecular complexity index is 671. The van der Waals surface area contributed by atoms with Crippen molar-refractivity contribution < 1.29 is 14.0 Å². The van der Waals surface area contributed by atoms with E-state index in [-0.39, 0.29) is 30.6 Å². The minimum absolute atomic E-state index is 0.0930. The number of rotatable bonds is 5. The molecule has 0 atom stereocenters. The molecule has 0 aromatic heterocycles. The molecule has 0 aliphatic heterocycles. The number of para-hydroxylation sites is 1. The first kappa shape index (κ1) is 16.7. The van der Waals surface area contributed by atoms with Crippen LogP contribution in [0.5, 0.6) is 0 Å². The van der Waals surface area contributed by atoms with Crippen molar-refractivity contribution in [2.75, 3.05) is 23.4 Å². The predicted octanol–water partition coefficient (Wildman–Crippen LogP) is 3.23. The monoisotopic (exact) mass is 314 g/mol. The minimum Gasteiger partial charge on any atom is -0.315 e. The standard InChI is InChI=1S/C18H19FN2O2/c1-14(22)21(17-10-8-15(19)9-11-17)13-12-18(23)20(2)16-6-4-3-5-7-16/h3-11H,12-13H2,1-2H3. The number of nitrogens with zero attached hydrogens (tertiary/aromatic N) is 2. The van der Waals surface area contributed by atoms with E-state index in [1.807, 2.05) is 30.3 Å². The molecule has 2 aromatic carbocycles. The van der Waals surface area contributed by atoms with E-state index < -0.39 is 0 Å². The lowest BCUT2D eigenvalue weighted by molar-refractivity contribution is -0.118. The number of halogens is 1. The summed E-state index contributed by atoms with van der Waals surface area (Å²) < 4.78 is 13.0. The van der Waals surface area contributed by atoms with Crippen molar-refractivity contribution >= 4 is 23.2 Å². The van der Waals surface area contributed by atoms with Gasteiger partial charge in [-0.2, -0.15) is 0 Å². The lowest BCUT2D eigenvalue weighted by atomic mass is 10.2. The van der Waals surface area contributed by atoms with Crippen LogP contribution in [0.25, 0.3) is 0 Å². The first-order valence-electron chi connectivity index (χ1n) is 7.34. The SMILES string of the molecule is CC(=O)N(CCC(=O)N(C)c1ccccc1)c1ccc(F)cc1. The lowest BCUT2D eigenvalue weighted by Crippen LogP contribution is -2.34. The maximum atomic E-state index is 13.0. The summed E-state index contributed by atoms with van der Waals surface area (Å²) in [6.07, 6.45) is 0.183. The molecular formula is C18H19FN2O2. The maximum absolute atomic E-state index is 13.0. The molecule has 0 fully saturated rings. The van der Waals surface area contributed by atoms with Crippen LogP contribution in [0, 0.1) is 5.82 Å². The highest BCUT2D eigenvalue weighted by molar-refractivity contribution is 5.95. The van der Waals surface area contributed by atoms with Crippen molar-refractivity contribution in [2.45, 2.75) is 13.3 Å². The van der Waals surface area contributed by atoms with Gasteiger partial charge >= 0.3 is 0 Å². The average Bonchev–Trinajstić information content (AvgIpc) is 2.56. The van der Waals surface area contributed by atoms with Gasteiger partial charge in [0.05, 0.1) is 0 Å². The third-order valence-corrected chi connectivity index (χ3v) is 3.59. The van der Waals surface area contributed by atoms with Gasteiger partial charge in [-0.05, 0) is 36.4 Å². The Kier molecular flexibility index (Phi) is 5.46.